The maximum atomic E-state index is 12.5. The van der Waals surface area contributed by atoms with E-state index in [0.717, 1.165) is 11.3 Å². The van der Waals surface area contributed by atoms with Crippen molar-refractivity contribution in [3.63, 3.8) is 0 Å². The molecule has 0 aliphatic carbocycles. The summed E-state index contributed by atoms with van der Waals surface area (Å²) in [6.07, 6.45) is 5.37. The van der Waals surface area contributed by atoms with Crippen LogP contribution in [0.3, 0.4) is 0 Å². The van der Waals surface area contributed by atoms with Crippen molar-refractivity contribution >= 4 is 23.6 Å². The van der Waals surface area contributed by atoms with Gasteiger partial charge in [0.2, 0.25) is 5.91 Å². The number of amides is 2. The predicted octanol–water partition coefficient (Wildman–Crippen LogP) is -0.551. The van der Waals surface area contributed by atoms with E-state index < -0.39 is 0 Å². The van der Waals surface area contributed by atoms with Crippen molar-refractivity contribution in [3.8, 4) is 12.3 Å². The van der Waals surface area contributed by atoms with Crippen molar-refractivity contribution in [3.05, 3.63) is 11.3 Å². The van der Waals surface area contributed by atoms with E-state index in [-0.39, 0.29) is 29.4 Å². The van der Waals surface area contributed by atoms with Gasteiger partial charge in [-0.1, -0.05) is 0 Å². The summed E-state index contributed by atoms with van der Waals surface area (Å²) in [5.74, 6) is 2.94. The number of thioether (sulfide) groups is 1. The Morgan fingerprint density at radius 2 is 2.29 bits per heavy atom. The molecule has 2 rings (SSSR count). The van der Waals surface area contributed by atoms with Crippen molar-refractivity contribution in [2.24, 2.45) is 0 Å². The lowest BCUT2D eigenvalue weighted by atomic mass is 10.0. The number of hydrogen-bond donors (Lipinski definition) is 3. The van der Waals surface area contributed by atoms with Crippen LogP contribution in [0.4, 0.5) is 0 Å². The number of fused-ring (bicyclic) bond motifs is 1. The summed E-state index contributed by atoms with van der Waals surface area (Å²) in [6, 6.07) is -0.211. The minimum Gasteiger partial charge on any atom is -0.334 e. The van der Waals surface area contributed by atoms with Crippen LogP contribution >= 0.6 is 11.8 Å². The van der Waals surface area contributed by atoms with Gasteiger partial charge >= 0.3 is 0 Å². The van der Waals surface area contributed by atoms with Crippen LogP contribution in [0.25, 0.3) is 0 Å². The van der Waals surface area contributed by atoms with E-state index in [4.69, 9.17) is 6.42 Å². The lowest BCUT2D eigenvalue weighted by Gasteiger charge is -2.49. The molecule has 2 heterocycles. The number of nitrogens with one attached hydrogen (secondary N) is 3. The Kier molecular flexibility index (Phi) is 4.93. The Bertz CT molecular complexity index is 526. The summed E-state index contributed by atoms with van der Waals surface area (Å²) in [5.41, 5.74) is 1.37. The van der Waals surface area contributed by atoms with Gasteiger partial charge < -0.3 is 10.6 Å². The van der Waals surface area contributed by atoms with Crippen LogP contribution in [0.15, 0.2) is 11.3 Å². The van der Waals surface area contributed by atoms with E-state index in [1.165, 1.54) is 0 Å². The van der Waals surface area contributed by atoms with E-state index in [9.17, 15) is 9.59 Å². The highest BCUT2D eigenvalue weighted by Crippen LogP contribution is 2.39. The minimum atomic E-state index is -0.299. The molecule has 3 N–H and O–H groups in total. The van der Waals surface area contributed by atoms with Crippen LogP contribution in [0.2, 0.25) is 0 Å². The number of carbonyl (C=O) groups excluding carboxylic acids is 2. The molecule has 21 heavy (non-hydrogen) atoms. The number of hydrogen-bond acceptors (Lipinski definition) is 5. The summed E-state index contributed by atoms with van der Waals surface area (Å²) in [4.78, 5) is 26.2. The zero-order valence-corrected chi connectivity index (χ0v) is 13.2. The normalized spacial score (nSPS) is 25.8. The van der Waals surface area contributed by atoms with E-state index in [0.29, 0.717) is 12.1 Å². The fourth-order valence-corrected chi connectivity index (χ4v) is 3.86. The summed E-state index contributed by atoms with van der Waals surface area (Å²) >= 11 is 1.67. The van der Waals surface area contributed by atoms with E-state index in [2.05, 4.69) is 21.9 Å². The zero-order chi connectivity index (χ0) is 15.6. The van der Waals surface area contributed by atoms with Gasteiger partial charge in [-0.3, -0.25) is 19.8 Å². The largest absolute Gasteiger partial charge is 0.334 e. The Morgan fingerprint density at radius 3 is 2.86 bits per heavy atom. The van der Waals surface area contributed by atoms with Gasteiger partial charge in [-0.2, -0.15) is 0 Å². The topological polar surface area (TPSA) is 73.5 Å². The molecule has 6 nitrogen and oxygen atoms in total. The first kappa shape index (κ1) is 15.9. The third-order valence-electron chi connectivity index (χ3n) is 3.66. The smallest absolute Gasteiger partial charge is 0.269 e. The molecule has 0 saturated carbocycles. The van der Waals surface area contributed by atoms with Gasteiger partial charge in [0, 0.05) is 12.2 Å². The van der Waals surface area contributed by atoms with Gasteiger partial charge in [0.1, 0.15) is 17.1 Å². The number of β-lactam (4-membered cyclic amide) rings is 1. The van der Waals surface area contributed by atoms with Gasteiger partial charge in [0.15, 0.2) is 0 Å². The van der Waals surface area contributed by atoms with Gasteiger partial charge in [-0.05, 0) is 26.6 Å². The highest BCUT2D eigenvalue weighted by atomic mass is 32.2. The van der Waals surface area contributed by atoms with Crippen LogP contribution in [0.1, 0.15) is 13.3 Å². The van der Waals surface area contributed by atoms with Gasteiger partial charge in [0.05, 0.1) is 6.17 Å². The molecule has 1 fully saturated rings. The first-order valence-electron chi connectivity index (χ1n) is 6.78. The SMILES string of the molecule is C#CCC(NC)NC(=O)C1=C(C)CSC2C(NC)C(=O)N12. The van der Waals surface area contributed by atoms with Crippen LogP contribution in [-0.4, -0.2) is 54.1 Å². The molecule has 2 aliphatic heterocycles. The fraction of sp³-hybridized carbons (Fsp3) is 0.571. The molecule has 2 aliphatic rings. The molecule has 114 valence electrons. The average Bonchev–Trinajstić information content (AvgIpc) is 2.47. The highest BCUT2D eigenvalue weighted by molar-refractivity contribution is 8.00. The van der Waals surface area contributed by atoms with Crippen molar-refractivity contribution in [1.29, 1.82) is 0 Å². The Balaban J connectivity index is 2.16. The number of rotatable bonds is 5. The van der Waals surface area contributed by atoms with Gasteiger partial charge in [-0.15, -0.1) is 24.1 Å². The second-order valence-corrected chi connectivity index (χ2v) is 6.13. The highest BCUT2D eigenvalue weighted by Gasteiger charge is 2.52. The number of nitrogens with zero attached hydrogens (tertiary/aromatic N) is 1. The summed E-state index contributed by atoms with van der Waals surface area (Å²) < 4.78 is 0. The maximum Gasteiger partial charge on any atom is 0.269 e. The van der Waals surface area contributed by atoms with Crippen molar-refractivity contribution in [2.75, 3.05) is 19.8 Å². The van der Waals surface area contributed by atoms with Crippen LogP contribution in [0.5, 0.6) is 0 Å². The summed E-state index contributed by atoms with van der Waals surface area (Å²) in [6.45, 7) is 1.88. The Morgan fingerprint density at radius 1 is 1.57 bits per heavy atom. The standard InChI is InChI=1S/C14H20N4O2S/c1-5-6-9(15-3)17-12(19)11-8(2)7-21-14-10(16-4)13(20)18(11)14/h1,9-10,14-16H,6-7H2,2-4H3,(H,17,19). The van der Waals surface area contributed by atoms with Crippen molar-refractivity contribution in [1.82, 2.24) is 20.9 Å². The van der Waals surface area contributed by atoms with Crippen LogP contribution < -0.4 is 16.0 Å². The Hall–Kier alpha value is -1.49. The molecule has 0 radical (unpaired) electrons. The van der Waals surface area contributed by atoms with E-state index in [1.54, 1.807) is 30.8 Å². The third-order valence-corrected chi connectivity index (χ3v) is 5.08. The molecule has 3 atom stereocenters. The number of terminal acetylenes is 1. The average molecular weight is 308 g/mol. The van der Waals surface area contributed by atoms with Gasteiger partial charge in [0.25, 0.3) is 5.91 Å². The molecule has 0 spiro atoms. The van der Waals surface area contributed by atoms with Crippen LogP contribution in [0, 0.1) is 12.3 Å². The van der Waals surface area contributed by atoms with E-state index >= 15 is 0 Å². The quantitative estimate of drug-likeness (QED) is 0.361. The summed E-state index contributed by atoms with van der Waals surface area (Å²) in [5, 5.41) is 8.76. The molecular weight excluding hydrogens is 288 g/mol. The van der Waals surface area contributed by atoms with Crippen LogP contribution in [-0.2, 0) is 9.59 Å². The number of likely N-dealkylation sites (N-methyl/N-ethyl adjacent to an activating group) is 1. The molecule has 0 bridgehead atoms. The first-order valence-corrected chi connectivity index (χ1v) is 7.83. The molecule has 1 saturated heterocycles. The van der Waals surface area contributed by atoms with E-state index in [1.807, 2.05) is 6.92 Å². The maximum absolute atomic E-state index is 12.5. The summed E-state index contributed by atoms with van der Waals surface area (Å²) in [7, 11) is 3.49. The molecule has 3 unspecified atom stereocenters. The van der Waals surface area contributed by atoms with Crippen molar-refractivity contribution < 1.29 is 9.59 Å². The molecule has 2 amide bonds. The monoisotopic (exact) mass is 308 g/mol. The third kappa shape index (κ3) is 2.79. The molecular formula is C14H20N4O2S. The predicted molar refractivity (Wildman–Crippen MR) is 83.1 cm³/mol. The minimum absolute atomic E-state index is 0.00683. The Labute approximate surface area is 129 Å². The lowest BCUT2D eigenvalue weighted by molar-refractivity contribution is -0.145. The molecule has 0 aromatic carbocycles. The zero-order valence-electron chi connectivity index (χ0n) is 12.4. The molecule has 7 heteroatoms. The lowest BCUT2D eigenvalue weighted by Crippen LogP contribution is -2.69. The second-order valence-electron chi connectivity index (χ2n) is 5.03. The fourth-order valence-electron chi connectivity index (χ4n) is 2.50. The first-order chi connectivity index (χ1) is 10.0. The van der Waals surface area contributed by atoms with Crippen molar-refractivity contribution in [2.45, 2.75) is 30.9 Å². The van der Waals surface area contributed by atoms with Gasteiger partial charge in [-0.25, -0.2) is 0 Å². The second kappa shape index (κ2) is 6.52. The molecule has 0 aromatic rings. The molecule has 0 aromatic heterocycles. The number of carbonyl (C=O) groups is 2.